The summed E-state index contributed by atoms with van der Waals surface area (Å²) in [6, 6.07) is 10.3. The lowest BCUT2D eigenvalue weighted by Crippen LogP contribution is -2.33. The first-order valence-corrected chi connectivity index (χ1v) is 12.3. The average molecular weight is 458 g/mol. The minimum absolute atomic E-state index is 0.00194. The van der Waals surface area contributed by atoms with Crippen LogP contribution in [0.2, 0.25) is 0 Å². The average Bonchev–Trinajstić information content (AvgIpc) is 3.21. The maximum absolute atomic E-state index is 12.8. The van der Waals surface area contributed by atoms with Gasteiger partial charge in [0, 0.05) is 37.4 Å². The number of rotatable bonds is 7. The first kappa shape index (κ1) is 22.3. The van der Waals surface area contributed by atoms with E-state index in [1.807, 2.05) is 19.9 Å². The molecule has 2 aliphatic rings. The number of anilines is 2. The van der Waals surface area contributed by atoms with Gasteiger partial charge in [0.2, 0.25) is 15.9 Å². The number of sulfonamides is 1. The van der Waals surface area contributed by atoms with Gasteiger partial charge in [-0.1, -0.05) is 13.8 Å². The van der Waals surface area contributed by atoms with Gasteiger partial charge in [0.05, 0.1) is 4.90 Å². The third-order valence-electron chi connectivity index (χ3n) is 5.93. The molecule has 170 valence electrons. The fraction of sp³-hybridized carbons (Fsp3) is 0.391. The Balaban J connectivity index is 1.44. The quantitative estimate of drug-likeness (QED) is 0.689. The molecule has 0 atom stereocenters. The zero-order valence-electron chi connectivity index (χ0n) is 18.3. The Morgan fingerprint density at radius 1 is 1.06 bits per heavy atom. The third kappa shape index (κ3) is 4.22. The largest absolute Gasteiger partial charge is 0.484 e. The molecule has 0 spiro atoms. The summed E-state index contributed by atoms with van der Waals surface area (Å²) in [5.41, 5.74) is 3.34. The molecule has 0 aromatic heterocycles. The van der Waals surface area contributed by atoms with Gasteiger partial charge >= 0.3 is 0 Å². The van der Waals surface area contributed by atoms with E-state index in [2.05, 4.69) is 5.32 Å². The van der Waals surface area contributed by atoms with Gasteiger partial charge < -0.3 is 15.0 Å². The summed E-state index contributed by atoms with van der Waals surface area (Å²) in [6.45, 7) is 4.81. The summed E-state index contributed by atoms with van der Waals surface area (Å²) >= 11 is 0. The molecule has 8 nitrogen and oxygen atoms in total. The maximum atomic E-state index is 12.8. The van der Waals surface area contributed by atoms with E-state index in [-0.39, 0.29) is 23.3 Å². The Kier molecular flexibility index (Phi) is 6.21. The van der Waals surface area contributed by atoms with Gasteiger partial charge in [-0.2, -0.15) is 4.31 Å². The Labute approximate surface area is 188 Å². The van der Waals surface area contributed by atoms with E-state index in [1.165, 1.54) is 4.31 Å². The van der Waals surface area contributed by atoms with Crippen LogP contribution in [0.1, 0.15) is 31.4 Å². The second-order valence-corrected chi connectivity index (χ2v) is 9.77. The van der Waals surface area contributed by atoms with Crippen LogP contribution < -0.4 is 15.0 Å². The second kappa shape index (κ2) is 8.91. The molecule has 9 heteroatoms. The minimum atomic E-state index is -3.54. The van der Waals surface area contributed by atoms with Crippen LogP contribution in [0, 0.1) is 0 Å². The lowest BCUT2D eigenvalue weighted by atomic mass is 10.0. The second-order valence-electron chi connectivity index (χ2n) is 7.83. The number of nitrogens with zero attached hydrogens (tertiary/aromatic N) is 2. The Bertz CT molecular complexity index is 1160. The van der Waals surface area contributed by atoms with E-state index in [4.69, 9.17) is 4.74 Å². The van der Waals surface area contributed by atoms with E-state index in [0.29, 0.717) is 44.6 Å². The van der Waals surface area contributed by atoms with Gasteiger partial charge in [-0.05, 0) is 60.4 Å². The van der Waals surface area contributed by atoms with Crippen molar-refractivity contribution in [2.75, 3.05) is 36.5 Å². The highest BCUT2D eigenvalue weighted by atomic mass is 32.2. The van der Waals surface area contributed by atoms with E-state index in [9.17, 15) is 18.0 Å². The van der Waals surface area contributed by atoms with Gasteiger partial charge in [-0.15, -0.1) is 0 Å². The van der Waals surface area contributed by atoms with E-state index in [0.717, 1.165) is 22.5 Å². The van der Waals surface area contributed by atoms with Crippen molar-refractivity contribution in [2.45, 2.75) is 38.0 Å². The molecule has 4 rings (SSSR count). The number of fused-ring (bicyclic) bond motifs is 2. The standard InChI is InChI=1S/C23H27N3O5S/c1-3-25(4-2)32(29,30)19-7-9-21-17(14-19)11-12-26(21)23(28)15-31-18-6-8-20-16(13-18)5-10-22(27)24-20/h6-9,13-14H,3-5,10-12,15H2,1-2H3,(H,24,27). The molecule has 2 aromatic carbocycles. The monoisotopic (exact) mass is 457 g/mol. The lowest BCUT2D eigenvalue weighted by Gasteiger charge is -2.21. The van der Waals surface area contributed by atoms with E-state index < -0.39 is 10.0 Å². The number of amides is 2. The molecule has 0 unspecified atom stereocenters. The molecular weight excluding hydrogens is 430 g/mol. The van der Waals surface area contributed by atoms with Crippen molar-refractivity contribution in [2.24, 2.45) is 0 Å². The van der Waals surface area contributed by atoms with Crippen molar-refractivity contribution < 1.29 is 22.7 Å². The molecule has 0 aliphatic carbocycles. The molecule has 1 N–H and O–H groups in total. The summed E-state index contributed by atoms with van der Waals surface area (Å²) in [5.74, 6) is 0.393. The number of nitrogens with one attached hydrogen (secondary N) is 1. The molecular formula is C23H27N3O5S. The highest BCUT2D eigenvalue weighted by Gasteiger charge is 2.28. The smallest absolute Gasteiger partial charge is 0.264 e. The fourth-order valence-electron chi connectivity index (χ4n) is 4.18. The Hall–Kier alpha value is -2.91. The summed E-state index contributed by atoms with van der Waals surface area (Å²) in [7, 11) is -3.54. The molecule has 0 bridgehead atoms. The fourth-order valence-corrected chi connectivity index (χ4v) is 5.69. The maximum Gasteiger partial charge on any atom is 0.264 e. The van der Waals surface area contributed by atoms with E-state index in [1.54, 1.807) is 35.2 Å². The van der Waals surface area contributed by atoms with Gasteiger partial charge in [0.1, 0.15) is 5.75 Å². The third-order valence-corrected chi connectivity index (χ3v) is 7.97. The van der Waals surface area contributed by atoms with Gasteiger partial charge in [0.25, 0.3) is 5.91 Å². The molecule has 2 amide bonds. The highest BCUT2D eigenvalue weighted by Crippen LogP contribution is 2.32. The number of carbonyl (C=O) groups excluding carboxylic acids is 2. The van der Waals surface area contributed by atoms with Crippen molar-refractivity contribution in [1.82, 2.24) is 4.31 Å². The first-order chi connectivity index (χ1) is 15.3. The number of benzene rings is 2. The molecule has 2 aliphatic heterocycles. The molecule has 0 saturated heterocycles. The van der Waals surface area contributed by atoms with Crippen LogP contribution in [0.15, 0.2) is 41.3 Å². The van der Waals surface area contributed by atoms with Crippen molar-refractivity contribution >= 4 is 33.2 Å². The highest BCUT2D eigenvalue weighted by molar-refractivity contribution is 7.89. The summed E-state index contributed by atoms with van der Waals surface area (Å²) < 4.78 is 32.7. The number of ether oxygens (including phenoxy) is 1. The van der Waals surface area contributed by atoms with Gasteiger partial charge in [0.15, 0.2) is 6.61 Å². The molecule has 32 heavy (non-hydrogen) atoms. The van der Waals surface area contributed by atoms with Crippen LogP contribution in [-0.2, 0) is 32.5 Å². The van der Waals surface area contributed by atoms with Crippen molar-refractivity contribution in [1.29, 1.82) is 0 Å². The van der Waals surface area contributed by atoms with Crippen LogP contribution in [-0.4, -0.2) is 50.8 Å². The predicted octanol–water partition coefficient (Wildman–Crippen LogP) is 2.57. The zero-order valence-corrected chi connectivity index (χ0v) is 19.1. The number of aryl methyl sites for hydroxylation is 1. The molecule has 2 heterocycles. The van der Waals surface area contributed by atoms with E-state index >= 15 is 0 Å². The molecule has 0 saturated carbocycles. The van der Waals surface area contributed by atoms with Crippen LogP contribution in [0.25, 0.3) is 0 Å². The topological polar surface area (TPSA) is 96.0 Å². The van der Waals surface area contributed by atoms with Crippen LogP contribution in [0.5, 0.6) is 5.75 Å². The first-order valence-electron chi connectivity index (χ1n) is 10.8. The molecule has 0 radical (unpaired) electrons. The molecule has 2 aromatic rings. The van der Waals surface area contributed by atoms with Gasteiger partial charge in [-0.25, -0.2) is 8.42 Å². The van der Waals surface area contributed by atoms with Crippen molar-refractivity contribution in [3.05, 3.63) is 47.5 Å². The summed E-state index contributed by atoms with van der Waals surface area (Å²) in [4.78, 5) is 26.2. The van der Waals surface area contributed by atoms with Crippen LogP contribution in [0.4, 0.5) is 11.4 Å². The lowest BCUT2D eigenvalue weighted by molar-refractivity contribution is -0.120. The van der Waals surface area contributed by atoms with Crippen molar-refractivity contribution in [3.8, 4) is 5.75 Å². The Morgan fingerprint density at radius 2 is 1.84 bits per heavy atom. The Morgan fingerprint density at radius 3 is 2.59 bits per heavy atom. The number of hydrogen-bond acceptors (Lipinski definition) is 5. The zero-order chi connectivity index (χ0) is 22.9. The molecule has 0 fully saturated rings. The van der Waals surface area contributed by atoms with Crippen molar-refractivity contribution in [3.63, 3.8) is 0 Å². The number of carbonyl (C=O) groups is 2. The van der Waals surface area contributed by atoms with Crippen LogP contribution >= 0.6 is 0 Å². The number of hydrogen-bond donors (Lipinski definition) is 1. The van der Waals surface area contributed by atoms with Gasteiger partial charge in [-0.3, -0.25) is 9.59 Å². The SMILES string of the molecule is CCN(CC)S(=O)(=O)c1ccc2c(c1)CCN2C(=O)COc1ccc2c(c1)CCC(=O)N2. The summed E-state index contributed by atoms with van der Waals surface area (Å²) in [5, 5.41) is 2.82. The minimum Gasteiger partial charge on any atom is -0.484 e. The summed E-state index contributed by atoms with van der Waals surface area (Å²) in [6.07, 6.45) is 1.68. The normalized spacial score (nSPS) is 15.3. The predicted molar refractivity (Wildman–Crippen MR) is 121 cm³/mol. The van der Waals surface area contributed by atoms with Crippen LogP contribution in [0.3, 0.4) is 0 Å².